The first-order valence-corrected chi connectivity index (χ1v) is 8.73. The second-order valence-electron chi connectivity index (χ2n) is 6.10. The molecule has 1 aliphatic heterocycles. The molecule has 3 rings (SSSR count). The maximum absolute atomic E-state index is 13.7. The molecule has 2 heterocycles. The van der Waals surface area contributed by atoms with Crippen LogP contribution in [0.3, 0.4) is 0 Å². The van der Waals surface area contributed by atoms with Gasteiger partial charge in [-0.3, -0.25) is 9.78 Å². The molecule has 0 saturated carbocycles. The summed E-state index contributed by atoms with van der Waals surface area (Å²) in [7, 11) is 0. The molecule has 1 aromatic heterocycles. The number of benzene rings is 1. The lowest BCUT2D eigenvalue weighted by Crippen LogP contribution is -2.32. The highest BCUT2D eigenvalue weighted by Crippen LogP contribution is 2.44. The van der Waals surface area contributed by atoms with Crippen molar-refractivity contribution in [3.05, 3.63) is 67.4 Å². The number of hydrogen-bond donors (Lipinski definition) is 3. The van der Waals surface area contributed by atoms with Gasteiger partial charge < -0.3 is 15.0 Å². The van der Waals surface area contributed by atoms with Gasteiger partial charge in [0.25, 0.3) is 5.56 Å². The van der Waals surface area contributed by atoms with E-state index in [1.165, 1.54) is 25.1 Å². The fourth-order valence-electron chi connectivity index (χ4n) is 3.28. The lowest BCUT2D eigenvalue weighted by atomic mass is 9.80. The lowest BCUT2D eigenvalue weighted by Gasteiger charge is -2.30. The number of aromatic nitrogens is 2. The molecular weight excluding hydrogens is 395 g/mol. The van der Waals surface area contributed by atoms with E-state index in [4.69, 9.17) is 17.0 Å². The number of ether oxygens (including phenoxy) is 1. The summed E-state index contributed by atoms with van der Waals surface area (Å²) in [4.78, 5) is 30.3. The van der Waals surface area contributed by atoms with Crippen molar-refractivity contribution in [2.24, 2.45) is 0 Å². The van der Waals surface area contributed by atoms with Crippen LogP contribution in [0, 0.1) is 4.77 Å². The summed E-state index contributed by atoms with van der Waals surface area (Å²) in [5, 5.41) is 2.84. The number of carbonyl (C=O) groups is 1. The van der Waals surface area contributed by atoms with Crippen molar-refractivity contribution >= 4 is 24.0 Å². The molecule has 148 valence electrons. The van der Waals surface area contributed by atoms with E-state index < -0.39 is 29.2 Å². The Bertz CT molecular complexity index is 1090. The normalized spacial score (nSPS) is 16.4. The van der Waals surface area contributed by atoms with Gasteiger partial charge in [-0.15, -0.1) is 0 Å². The van der Waals surface area contributed by atoms with Crippen LogP contribution in [0.2, 0.25) is 0 Å². The molecule has 10 heteroatoms. The molecule has 1 unspecified atom stereocenters. The molecular formula is C18H16F3N3O3S. The maximum Gasteiger partial charge on any atom is 0.416 e. The quantitative estimate of drug-likeness (QED) is 0.528. The number of fused-ring (bicyclic) bond motifs is 1. The molecule has 3 N–H and O–H groups in total. The van der Waals surface area contributed by atoms with Gasteiger partial charge >= 0.3 is 12.1 Å². The average molecular weight is 411 g/mol. The number of esters is 1. The summed E-state index contributed by atoms with van der Waals surface area (Å²) >= 11 is 4.95. The second kappa shape index (κ2) is 7.27. The molecule has 0 spiro atoms. The molecule has 0 amide bonds. The summed E-state index contributed by atoms with van der Waals surface area (Å²) in [6.07, 6.45) is -4.68. The topological polar surface area (TPSA) is 87.0 Å². The average Bonchev–Trinajstić information content (AvgIpc) is 2.59. The van der Waals surface area contributed by atoms with E-state index in [0.29, 0.717) is 0 Å². The Labute approximate surface area is 162 Å². The van der Waals surface area contributed by atoms with E-state index in [-0.39, 0.29) is 39.6 Å². The summed E-state index contributed by atoms with van der Waals surface area (Å²) in [5.41, 5.74) is -1.73. The summed E-state index contributed by atoms with van der Waals surface area (Å²) in [6.45, 7) is 3.14. The number of carbonyl (C=O) groups excluding carboxylic acids is 1. The highest BCUT2D eigenvalue weighted by atomic mass is 32.1. The minimum atomic E-state index is -4.68. The lowest BCUT2D eigenvalue weighted by molar-refractivity contribution is -0.140. The van der Waals surface area contributed by atoms with Crippen LogP contribution in [-0.2, 0) is 15.7 Å². The van der Waals surface area contributed by atoms with E-state index in [9.17, 15) is 22.8 Å². The van der Waals surface area contributed by atoms with Crippen molar-refractivity contribution < 1.29 is 22.7 Å². The van der Waals surface area contributed by atoms with Gasteiger partial charge in [-0.25, -0.2) is 4.79 Å². The molecule has 0 saturated heterocycles. The third-order valence-corrected chi connectivity index (χ3v) is 4.55. The van der Waals surface area contributed by atoms with E-state index in [1.807, 2.05) is 0 Å². The van der Waals surface area contributed by atoms with Crippen molar-refractivity contribution in [3.8, 4) is 0 Å². The van der Waals surface area contributed by atoms with Crippen LogP contribution < -0.4 is 10.9 Å². The first-order chi connectivity index (χ1) is 13.1. The Morgan fingerprint density at radius 2 is 1.93 bits per heavy atom. The molecule has 1 aromatic carbocycles. The number of H-pyrrole nitrogens is 2. The molecule has 0 radical (unpaired) electrons. The first-order valence-electron chi connectivity index (χ1n) is 8.32. The predicted octanol–water partition coefficient (Wildman–Crippen LogP) is 3.85. The Hall–Kier alpha value is -2.88. The van der Waals surface area contributed by atoms with Crippen LogP contribution in [0.1, 0.15) is 36.5 Å². The zero-order chi connectivity index (χ0) is 20.6. The Balaban J connectivity index is 2.37. The number of allylic oxidation sites excluding steroid dienone is 1. The molecule has 1 atom stereocenters. The zero-order valence-corrected chi connectivity index (χ0v) is 15.7. The fourth-order valence-corrected chi connectivity index (χ4v) is 3.48. The third-order valence-electron chi connectivity index (χ3n) is 4.35. The summed E-state index contributed by atoms with van der Waals surface area (Å²) in [5.74, 6) is -1.95. The molecule has 28 heavy (non-hydrogen) atoms. The van der Waals surface area contributed by atoms with Crippen LogP contribution >= 0.6 is 12.2 Å². The monoisotopic (exact) mass is 411 g/mol. The van der Waals surface area contributed by atoms with Gasteiger partial charge in [-0.05, 0) is 37.7 Å². The number of halogens is 3. The highest BCUT2D eigenvalue weighted by molar-refractivity contribution is 7.71. The SMILES string of the molecule is CCOC(=O)C1=C(C)Nc2[nH]c(=S)[nH]c(=O)c2C1c1ccccc1C(F)(F)F. The first kappa shape index (κ1) is 19.9. The minimum absolute atomic E-state index is 0.00601. The fraction of sp³-hybridized carbons (Fsp3) is 0.278. The van der Waals surface area contributed by atoms with E-state index >= 15 is 0 Å². The molecule has 0 fully saturated rings. The Morgan fingerprint density at radius 1 is 1.25 bits per heavy atom. The number of alkyl halides is 3. The smallest absolute Gasteiger partial charge is 0.416 e. The molecule has 0 aliphatic carbocycles. The Kier molecular flexibility index (Phi) is 5.16. The molecule has 0 bridgehead atoms. The summed E-state index contributed by atoms with van der Waals surface area (Å²) < 4.78 is 46.0. The van der Waals surface area contributed by atoms with Crippen molar-refractivity contribution in [1.82, 2.24) is 9.97 Å². The van der Waals surface area contributed by atoms with Crippen molar-refractivity contribution in [2.75, 3.05) is 11.9 Å². The van der Waals surface area contributed by atoms with E-state index in [2.05, 4.69) is 15.3 Å². The minimum Gasteiger partial charge on any atom is -0.463 e. The van der Waals surface area contributed by atoms with E-state index in [0.717, 1.165) is 6.07 Å². The maximum atomic E-state index is 13.7. The third kappa shape index (κ3) is 3.47. The van der Waals surface area contributed by atoms with Crippen LogP contribution in [0.4, 0.5) is 19.0 Å². The van der Waals surface area contributed by atoms with Gasteiger partial charge in [-0.1, -0.05) is 18.2 Å². The van der Waals surface area contributed by atoms with Gasteiger partial charge in [0.15, 0.2) is 4.77 Å². The number of aromatic amines is 2. The largest absolute Gasteiger partial charge is 0.463 e. The van der Waals surface area contributed by atoms with Gasteiger partial charge in [-0.2, -0.15) is 13.2 Å². The molecule has 1 aliphatic rings. The van der Waals surface area contributed by atoms with Crippen molar-refractivity contribution in [1.29, 1.82) is 0 Å². The van der Waals surface area contributed by atoms with Crippen LogP contribution in [0.25, 0.3) is 0 Å². The predicted molar refractivity (Wildman–Crippen MR) is 98.5 cm³/mol. The molecule has 2 aromatic rings. The van der Waals surface area contributed by atoms with Crippen molar-refractivity contribution in [2.45, 2.75) is 25.9 Å². The summed E-state index contributed by atoms with van der Waals surface area (Å²) in [6, 6.07) is 4.83. The number of rotatable bonds is 3. The van der Waals surface area contributed by atoms with Gasteiger partial charge in [0.2, 0.25) is 0 Å². The van der Waals surface area contributed by atoms with E-state index in [1.54, 1.807) is 6.92 Å². The van der Waals surface area contributed by atoms with Crippen molar-refractivity contribution in [3.63, 3.8) is 0 Å². The van der Waals surface area contributed by atoms with Crippen LogP contribution in [0.5, 0.6) is 0 Å². The van der Waals surface area contributed by atoms with Crippen LogP contribution in [0.15, 0.2) is 40.3 Å². The van der Waals surface area contributed by atoms with Gasteiger partial charge in [0.05, 0.1) is 29.2 Å². The Morgan fingerprint density at radius 3 is 2.57 bits per heavy atom. The standard InChI is InChI=1S/C18H16F3N3O3S/c1-3-27-16(26)11-8(2)22-14-13(15(25)24-17(28)23-14)12(11)9-6-4-5-7-10(9)18(19,20)21/h4-7,12H,3H2,1-2H3,(H3,22,23,24,25,28). The second-order valence-corrected chi connectivity index (χ2v) is 6.51. The highest BCUT2D eigenvalue weighted by Gasteiger charge is 2.41. The number of nitrogens with one attached hydrogen (secondary N) is 3. The van der Waals surface area contributed by atoms with Gasteiger partial charge in [0, 0.05) is 5.70 Å². The number of hydrogen-bond acceptors (Lipinski definition) is 5. The zero-order valence-electron chi connectivity index (χ0n) is 14.9. The van der Waals surface area contributed by atoms with Crippen LogP contribution in [-0.4, -0.2) is 22.5 Å². The number of anilines is 1. The molecule has 6 nitrogen and oxygen atoms in total. The van der Waals surface area contributed by atoms with Gasteiger partial charge in [0.1, 0.15) is 5.82 Å².